The van der Waals surface area contributed by atoms with Crippen LogP contribution in [-0.4, -0.2) is 64.3 Å². The Morgan fingerprint density at radius 3 is 2.53 bits per heavy atom. The number of hydrogen-bond acceptors (Lipinski definition) is 4. The van der Waals surface area contributed by atoms with Crippen molar-refractivity contribution in [1.29, 1.82) is 0 Å². The molecule has 32 heavy (non-hydrogen) atoms. The van der Waals surface area contributed by atoms with Gasteiger partial charge in [-0.25, -0.2) is 4.68 Å². The number of carbonyl (C=O) groups is 1. The monoisotopic (exact) mass is 429 g/mol. The van der Waals surface area contributed by atoms with Crippen LogP contribution in [0.4, 0.5) is 5.82 Å². The third-order valence-corrected chi connectivity index (χ3v) is 6.60. The number of nitrogens with one attached hydrogen (secondary N) is 1. The summed E-state index contributed by atoms with van der Waals surface area (Å²) in [5.41, 5.74) is 4.02. The molecule has 0 saturated carbocycles. The highest BCUT2D eigenvalue weighted by Crippen LogP contribution is 2.26. The molecule has 1 N–H and O–H groups in total. The van der Waals surface area contributed by atoms with Gasteiger partial charge in [0.2, 0.25) is 5.91 Å². The molecule has 2 fully saturated rings. The van der Waals surface area contributed by atoms with Crippen molar-refractivity contribution < 1.29 is 4.79 Å². The highest BCUT2D eigenvalue weighted by atomic mass is 16.2. The molecule has 166 valence electrons. The number of anilines is 1. The lowest BCUT2D eigenvalue weighted by Crippen LogP contribution is -2.37. The maximum Gasteiger partial charge on any atom is 0.239 e. The average Bonchev–Trinajstić information content (AvgIpc) is 3.56. The SMILES string of the molecule is Cc1ccc(-c2cc(NC(=O)CN3CCC(N4CCCC4)C3)n(-c3ccccc3)n2)cc1. The quantitative estimate of drug-likeness (QED) is 0.645. The van der Waals surface area contributed by atoms with Crippen LogP contribution in [-0.2, 0) is 4.79 Å². The van der Waals surface area contributed by atoms with Gasteiger partial charge in [0.1, 0.15) is 5.82 Å². The molecular formula is C26H31N5O. The van der Waals surface area contributed by atoms with Gasteiger partial charge in [0.25, 0.3) is 0 Å². The van der Waals surface area contributed by atoms with Crippen molar-refractivity contribution in [3.8, 4) is 16.9 Å². The Morgan fingerprint density at radius 1 is 1.03 bits per heavy atom. The normalized spacial score (nSPS) is 19.5. The Hall–Kier alpha value is -2.96. The van der Waals surface area contributed by atoms with Crippen LogP contribution in [0.3, 0.4) is 0 Å². The number of benzene rings is 2. The zero-order chi connectivity index (χ0) is 21.9. The summed E-state index contributed by atoms with van der Waals surface area (Å²) in [6.45, 7) is 6.89. The first-order chi connectivity index (χ1) is 15.7. The molecule has 0 bridgehead atoms. The fourth-order valence-corrected chi connectivity index (χ4v) is 4.85. The van der Waals surface area contributed by atoms with Crippen molar-refractivity contribution in [2.75, 3.05) is 38.0 Å². The van der Waals surface area contributed by atoms with Gasteiger partial charge in [-0.1, -0.05) is 48.0 Å². The summed E-state index contributed by atoms with van der Waals surface area (Å²) in [6, 6.07) is 20.8. The number of aryl methyl sites for hydroxylation is 1. The first kappa shape index (κ1) is 20.9. The van der Waals surface area contributed by atoms with Gasteiger partial charge in [0, 0.05) is 30.8 Å². The van der Waals surface area contributed by atoms with E-state index in [2.05, 4.69) is 46.3 Å². The molecule has 1 unspecified atom stereocenters. The standard InChI is InChI=1S/C26H31N5O/c1-20-9-11-21(12-10-20)24-17-25(31(28-24)22-7-3-2-4-8-22)27-26(32)19-29-16-13-23(18-29)30-14-5-6-15-30/h2-4,7-12,17,23H,5-6,13-16,18-19H2,1H3,(H,27,32). The first-order valence-corrected chi connectivity index (χ1v) is 11.6. The Kier molecular flexibility index (Phi) is 6.06. The van der Waals surface area contributed by atoms with Gasteiger partial charge in [0.05, 0.1) is 17.9 Å². The van der Waals surface area contributed by atoms with E-state index in [1.165, 1.54) is 31.5 Å². The number of carbonyl (C=O) groups excluding carboxylic acids is 1. The molecule has 2 aliphatic rings. The van der Waals surface area contributed by atoms with Gasteiger partial charge in [-0.2, -0.15) is 5.10 Å². The van der Waals surface area contributed by atoms with E-state index in [1.807, 2.05) is 41.1 Å². The third kappa shape index (κ3) is 4.61. The highest BCUT2D eigenvalue weighted by Gasteiger charge is 2.30. The lowest BCUT2D eigenvalue weighted by molar-refractivity contribution is -0.117. The van der Waals surface area contributed by atoms with Crippen LogP contribution in [0, 0.1) is 6.92 Å². The number of rotatable bonds is 6. The second-order valence-electron chi connectivity index (χ2n) is 9.00. The van der Waals surface area contributed by atoms with E-state index >= 15 is 0 Å². The van der Waals surface area contributed by atoms with Crippen molar-refractivity contribution in [1.82, 2.24) is 19.6 Å². The molecule has 2 saturated heterocycles. The van der Waals surface area contributed by atoms with Crippen molar-refractivity contribution in [3.05, 3.63) is 66.2 Å². The lowest BCUT2D eigenvalue weighted by Gasteiger charge is -2.23. The Morgan fingerprint density at radius 2 is 1.78 bits per heavy atom. The van der Waals surface area contributed by atoms with E-state index in [0.717, 1.165) is 36.5 Å². The Labute approximate surface area is 189 Å². The second-order valence-corrected chi connectivity index (χ2v) is 9.00. The highest BCUT2D eigenvalue weighted by molar-refractivity contribution is 5.92. The lowest BCUT2D eigenvalue weighted by atomic mass is 10.1. The smallest absolute Gasteiger partial charge is 0.239 e. The van der Waals surface area contributed by atoms with Crippen molar-refractivity contribution in [2.24, 2.45) is 0 Å². The molecule has 2 aromatic carbocycles. The topological polar surface area (TPSA) is 53.4 Å². The summed E-state index contributed by atoms with van der Waals surface area (Å²) in [6.07, 6.45) is 3.78. The van der Waals surface area contributed by atoms with Crippen LogP contribution in [0.15, 0.2) is 60.7 Å². The molecule has 1 aromatic heterocycles. The summed E-state index contributed by atoms with van der Waals surface area (Å²) in [4.78, 5) is 17.8. The number of para-hydroxylation sites is 1. The van der Waals surface area contributed by atoms with Crippen molar-refractivity contribution in [2.45, 2.75) is 32.2 Å². The molecule has 0 radical (unpaired) electrons. The van der Waals surface area contributed by atoms with Gasteiger partial charge in [-0.15, -0.1) is 0 Å². The minimum atomic E-state index is 0.0135. The summed E-state index contributed by atoms with van der Waals surface area (Å²) in [5.74, 6) is 0.715. The molecule has 1 amide bonds. The van der Waals surface area contributed by atoms with E-state index in [-0.39, 0.29) is 5.91 Å². The molecule has 2 aliphatic heterocycles. The fraction of sp³-hybridized carbons (Fsp3) is 0.385. The summed E-state index contributed by atoms with van der Waals surface area (Å²) < 4.78 is 1.82. The molecule has 0 aliphatic carbocycles. The molecule has 0 spiro atoms. The minimum Gasteiger partial charge on any atom is -0.309 e. The molecule has 6 heteroatoms. The average molecular weight is 430 g/mol. The number of hydrogen-bond donors (Lipinski definition) is 1. The van der Waals surface area contributed by atoms with Crippen LogP contribution in [0.25, 0.3) is 16.9 Å². The maximum absolute atomic E-state index is 13.0. The van der Waals surface area contributed by atoms with Crippen molar-refractivity contribution in [3.63, 3.8) is 0 Å². The Bertz CT molecular complexity index is 1050. The number of nitrogens with zero attached hydrogens (tertiary/aromatic N) is 4. The van der Waals surface area contributed by atoms with E-state index in [9.17, 15) is 4.79 Å². The van der Waals surface area contributed by atoms with Crippen LogP contribution in [0.1, 0.15) is 24.8 Å². The molecular weight excluding hydrogens is 398 g/mol. The van der Waals surface area contributed by atoms with E-state index in [0.29, 0.717) is 18.4 Å². The van der Waals surface area contributed by atoms with Gasteiger partial charge in [-0.05, 0) is 51.4 Å². The van der Waals surface area contributed by atoms with E-state index in [4.69, 9.17) is 5.10 Å². The van der Waals surface area contributed by atoms with Crippen LogP contribution in [0.2, 0.25) is 0 Å². The summed E-state index contributed by atoms with van der Waals surface area (Å²) >= 11 is 0. The predicted molar refractivity (Wildman–Crippen MR) is 128 cm³/mol. The van der Waals surface area contributed by atoms with Gasteiger partial charge in [0.15, 0.2) is 0 Å². The third-order valence-electron chi connectivity index (χ3n) is 6.60. The number of amides is 1. The minimum absolute atomic E-state index is 0.0135. The molecule has 1 atom stereocenters. The zero-order valence-corrected chi connectivity index (χ0v) is 18.7. The molecule has 5 rings (SSSR count). The van der Waals surface area contributed by atoms with E-state index in [1.54, 1.807) is 0 Å². The number of likely N-dealkylation sites (tertiary alicyclic amines) is 2. The largest absolute Gasteiger partial charge is 0.309 e. The Balaban J connectivity index is 1.32. The van der Waals surface area contributed by atoms with Crippen LogP contribution >= 0.6 is 0 Å². The van der Waals surface area contributed by atoms with Gasteiger partial charge >= 0.3 is 0 Å². The summed E-state index contributed by atoms with van der Waals surface area (Å²) in [5, 5.41) is 7.94. The fourth-order valence-electron chi connectivity index (χ4n) is 4.85. The summed E-state index contributed by atoms with van der Waals surface area (Å²) in [7, 11) is 0. The maximum atomic E-state index is 13.0. The van der Waals surface area contributed by atoms with Crippen molar-refractivity contribution >= 4 is 11.7 Å². The zero-order valence-electron chi connectivity index (χ0n) is 18.7. The molecule has 3 heterocycles. The molecule has 6 nitrogen and oxygen atoms in total. The number of aromatic nitrogens is 2. The van der Waals surface area contributed by atoms with E-state index < -0.39 is 0 Å². The van der Waals surface area contributed by atoms with Crippen LogP contribution < -0.4 is 5.32 Å². The first-order valence-electron chi connectivity index (χ1n) is 11.6. The van der Waals surface area contributed by atoms with Crippen LogP contribution in [0.5, 0.6) is 0 Å². The van der Waals surface area contributed by atoms with Gasteiger partial charge in [-0.3, -0.25) is 14.6 Å². The predicted octanol–water partition coefficient (Wildman–Crippen LogP) is 3.96. The molecule has 3 aromatic rings. The second kappa shape index (κ2) is 9.27. The van der Waals surface area contributed by atoms with Gasteiger partial charge < -0.3 is 5.32 Å².